The molecule has 1 N–H and O–H groups in total. The summed E-state index contributed by atoms with van der Waals surface area (Å²) in [5.41, 5.74) is 0.763. The van der Waals surface area contributed by atoms with Gasteiger partial charge in [-0.25, -0.2) is 9.97 Å². The number of nitrogens with zero attached hydrogens (tertiary/aromatic N) is 3. The molecule has 19 heavy (non-hydrogen) atoms. The molecule has 98 valence electrons. The average Bonchev–Trinajstić information content (AvgIpc) is 2.38. The van der Waals surface area contributed by atoms with Gasteiger partial charge < -0.3 is 10.1 Å². The van der Waals surface area contributed by atoms with Gasteiger partial charge in [0.05, 0.1) is 4.92 Å². The molecule has 0 bridgehead atoms. The maximum atomic E-state index is 10.9. The molecule has 0 saturated heterocycles. The van der Waals surface area contributed by atoms with Crippen LogP contribution >= 0.6 is 0 Å². The summed E-state index contributed by atoms with van der Waals surface area (Å²) in [6.45, 7) is 1.83. The molecular weight excluding hydrogens is 248 g/mol. The van der Waals surface area contributed by atoms with Crippen molar-refractivity contribution >= 4 is 11.5 Å². The second kappa shape index (κ2) is 5.30. The number of nitro groups is 1. The minimum atomic E-state index is -0.491. The van der Waals surface area contributed by atoms with Crippen LogP contribution in [-0.2, 0) is 0 Å². The van der Waals surface area contributed by atoms with Crippen LogP contribution in [0.4, 0.5) is 11.5 Å². The summed E-state index contributed by atoms with van der Waals surface area (Å²) < 4.78 is 5.46. The van der Waals surface area contributed by atoms with Gasteiger partial charge in [-0.3, -0.25) is 10.1 Å². The summed E-state index contributed by atoms with van der Waals surface area (Å²) in [6, 6.07) is 6.22. The van der Waals surface area contributed by atoms with Crippen LogP contribution in [0.2, 0.25) is 0 Å². The molecule has 0 atom stereocenters. The molecular formula is C12H12N4O3. The van der Waals surface area contributed by atoms with E-state index in [9.17, 15) is 10.1 Å². The Balaban J connectivity index is 2.36. The van der Waals surface area contributed by atoms with E-state index in [4.69, 9.17) is 4.74 Å². The Bertz CT molecular complexity index is 616. The molecule has 1 aromatic heterocycles. The van der Waals surface area contributed by atoms with Gasteiger partial charge in [-0.05, 0) is 18.6 Å². The SMILES string of the molecule is CNc1cc(Oc2cc(C)ccc2[N+](=O)[O-])ncn1. The highest BCUT2D eigenvalue weighted by Crippen LogP contribution is 2.31. The van der Waals surface area contributed by atoms with Gasteiger partial charge in [0, 0.05) is 19.2 Å². The molecule has 0 amide bonds. The van der Waals surface area contributed by atoms with Gasteiger partial charge in [-0.2, -0.15) is 0 Å². The van der Waals surface area contributed by atoms with Crippen LogP contribution in [0.15, 0.2) is 30.6 Å². The first-order valence-corrected chi connectivity index (χ1v) is 5.53. The Morgan fingerprint density at radius 1 is 1.32 bits per heavy atom. The monoisotopic (exact) mass is 260 g/mol. The minimum absolute atomic E-state index is 0.102. The van der Waals surface area contributed by atoms with Crippen LogP contribution in [0.25, 0.3) is 0 Å². The molecule has 0 spiro atoms. The summed E-state index contributed by atoms with van der Waals surface area (Å²) in [5.74, 6) is 0.971. The number of rotatable bonds is 4. The van der Waals surface area contributed by atoms with Gasteiger partial charge >= 0.3 is 5.69 Å². The first-order valence-electron chi connectivity index (χ1n) is 5.53. The maximum absolute atomic E-state index is 10.9. The molecule has 2 aromatic rings. The van der Waals surface area contributed by atoms with Crippen molar-refractivity contribution in [2.24, 2.45) is 0 Å². The molecule has 7 nitrogen and oxygen atoms in total. The van der Waals surface area contributed by atoms with E-state index in [1.807, 2.05) is 6.92 Å². The number of hydrogen-bond acceptors (Lipinski definition) is 6. The lowest BCUT2D eigenvalue weighted by Crippen LogP contribution is -1.97. The molecule has 1 heterocycles. The van der Waals surface area contributed by atoms with Gasteiger partial charge in [0.25, 0.3) is 0 Å². The predicted molar refractivity (Wildman–Crippen MR) is 69.5 cm³/mol. The second-order valence-corrected chi connectivity index (χ2v) is 3.82. The van der Waals surface area contributed by atoms with Crippen molar-refractivity contribution in [2.75, 3.05) is 12.4 Å². The number of aryl methyl sites for hydroxylation is 1. The van der Waals surface area contributed by atoms with Crippen LogP contribution in [0.1, 0.15) is 5.56 Å². The number of ether oxygens (including phenoxy) is 1. The molecule has 2 rings (SSSR count). The average molecular weight is 260 g/mol. The minimum Gasteiger partial charge on any atom is -0.432 e. The van der Waals surface area contributed by atoms with Crippen molar-refractivity contribution in [1.82, 2.24) is 9.97 Å². The third-order valence-corrected chi connectivity index (χ3v) is 2.42. The first kappa shape index (κ1) is 12.7. The highest BCUT2D eigenvalue weighted by Gasteiger charge is 2.16. The van der Waals surface area contributed by atoms with Crippen molar-refractivity contribution < 1.29 is 9.66 Å². The first-order chi connectivity index (χ1) is 9.10. The van der Waals surface area contributed by atoms with Crippen molar-refractivity contribution in [3.63, 3.8) is 0 Å². The zero-order chi connectivity index (χ0) is 13.8. The Kier molecular flexibility index (Phi) is 3.56. The van der Waals surface area contributed by atoms with Crippen LogP contribution in [0.5, 0.6) is 11.6 Å². The van der Waals surface area contributed by atoms with E-state index in [2.05, 4.69) is 15.3 Å². The fourth-order valence-corrected chi connectivity index (χ4v) is 1.50. The van der Waals surface area contributed by atoms with Crippen molar-refractivity contribution in [3.8, 4) is 11.6 Å². The summed E-state index contributed by atoms with van der Waals surface area (Å²) >= 11 is 0. The highest BCUT2D eigenvalue weighted by molar-refractivity contribution is 5.50. The number of benzene rings is 1. The molecule has 0 saturated carbocycles. The number of aromatic nitrogens is 2. The highest BCUT2D eigenvalue weighted by atomic mass is 16.6. The molecule has 0 fully saturated rings. The molecule has 7 heteroatoms. The quantitative estimate of drug-likeness (QED) is 0.671. The van der Waals surface area contributed by atoms with E-state index in [-0.39, 0.29) is 17.3 Å². The smallest absolute Gasteiger partial charge is 0.311 e. The van der Waals surface area contributed by atoms with Crippen LogP contribution in [0, 0.1) is 17.0 Å². The third kappa shape index (κ3) is 2.95. The van der Waals surface area contributed by atoms with Crippen LogP contribution < -0.4 is 10.1 Å². The predicted octanol–water partition coefficient (Wildman–Crippen LogP) is 2.53. The number of hydrogen-bond donors (Lipinski definition) is 1. The van der Waals surface area contributed by atoms with E-state index in [0.29, 0.717) is 5.82 Å². The Morgan fingerprint density at radius 2 is 2.11 bits per heavy atom. The third-order valence-electron chi connectivity index (χ3n) is 2.42. The van der Waals surface area contributed by atoms with E-state index in [1.54, 1.807) is 25.2 Å². The summed E-state index contributed by atoms with van der Waals surface area (Å²) in [7, 11) is 1.71. The molecule has 1 aromatic carbocycles. The van der Waals surface area contributed by atoms with E-state index >= 15 is 0 Å². The zero-order valence-electron chi connectivity index (χ0n) is 10.5. The van der Waals surface area contributed by atoms with E-state index < -0.39 is 4.92 Å². The van der Waals surface area contributed by atoms with Gasteiger partial charge in [0.2, 0.25) is 11.6 Å². The van der Waals surface area contributed by atoms with Crippen LogP contribution in [0.3, 0.4) is 0 Å². The van der Waals surface area contributed by atoms with E-state index in [1.165, 1.54) is 12.4 Å². The Hall–Kier alpha value is -2.70. The second-order valence-electron chi connectivity index (χ2n) is 3.82. The lowest BCUT2D eigenvalue weighted by molar-refractivity contribution is -0.385. The lowest BCUT2D eigenvalue weighted by atomic mass is 10.2. The lowest BCUT2D eigenvalue weighted by Gasteiger charge is -2.07. The fourth-order valence-electron chi connectivity index (χ4n) is 1.50. The maximum Gasteiger partial charge on any atom is 0.311 e. The van der Waals surface area contributed by atoms with Gasteiger partial charge in [-0.1, -0.05) is 6.07 Å². The molecule has 0 unspecified atom stereocenters. The molecule has 0 aliphatic carbocycles. The normalized spacial score (nSPS) is 10.0. The number of anilines is 1. The Labute approximate surface area is 109 Å². The number of nitro benzene ring substituents is 1. The largest absolute Gasteiger partial charge is 0.432 e. The molecule has 0 radical (unpaired) electrons. The fraction of sp³-hybridized carbons (Fsp3) is 0.167. The summed E-state index contributed by atoms with van der Waals surface area (Å²) in [5, 5.41) is 13.8. The topological polar surface area (TPSA) is 90.2 Å². The van der Waals surface area contributed by atoms with Crippen molar-refractivity contribution in [3.05, 3.63) is 46.3 Å². The molecule has 0 aliphatic rings. The summed E-state index contributed by atoms with van der Waals surface area (Å²) in [6.07, 6.45) is 1.32. The zero-order valence-corrected chi connectivity index (χ0v) is 10.5. The van der Waals surface area contributed by atoms with E-state index in [0.717, 1.165) is 5.56 Å². The molecule has 0 aliphatic heterocycles. The van der Waals surface area contributed by atoms with Crippen molar-refractivity contribution in [1.29, 1.82) is 0 Å². The summed E-state index contributed by atoms with van der Waals surface area (Å²) in [4.78, 5) is 18.3. The number of nitrogens with one attached hydrogen (secondary N) is 1. The standard InChI is InChI=1S/C12H12N4O3/c1-8-3-4-9(16(17)18)10(5-8)19-12-6-11(13-2)14-7-15-12/h3-7H,1-2H3,(H,13,14,15). The Morgan fingerprint density at radius 3 is 2.79 bits per heavy atom. The van der Waals surface area contributed by atoms with Gasteiger partial charge in [0.1, 0.15) is 12.1 Å². The van der Waals surface area contributed by atoms with Crippen molar-refractivity contribution in [2.45, 2.75) is 6.92 Å². The van der Waals surface area contributed by atoms with Crippen LogP contribution in [-0.4, -0.2) is 21.9 Å². The van der Waals surface area contributed by atoms with Gasteiger partial charge in [0.15, 0.2) is 0 Å². The van der Waals surface area contributed by atoms with Gasteiger partial charge in [-0.15, -0.1) is 0 Å².